The third-order valence-electron chi connectivity index (χ3n) is 3.40. The highest BCUT2D eigenvalue weighted by Crippen LogP contribution is 2.48. The quantitative estimate of drug-likeness (QED) is 0.799. The van der Waals surface area contributed by atoms with Crippen molar-refractivity contribution >= 4 is 5.91 Å². The smallest absolute Gasteiger partial charge is 0.253 e. The van der Waals surface area contributed by atoms with Gasteiger partial charge in [0.05, 0.1) is 11.8 Å². The number of nitrogens with zero attached hydrogens (tertiary/aromatic N) is 1. The molecule has 0 unspecified atom stereocenters. The van der Waals surface area contributed by atoms with Crippen LogP contribution in [0.25, 0.3) is 0 Å². The van der Waals surface area contributed by atoms with Crippen molar-refractivity contribution < 1.29 is 14.6 Å². The van der Waals surface area contributed by atoms with Gasteiger partial charge in [-0.25, -0.2) is 0 Å². The molecule has 5 heteroatoms. The highest BCUT2D eigenvalue weighted by molar-refractivity contribution is 5.94. The summed E-state index contributed by atoms with van der Waals surface area (Å²) < 4.78 is 5.07. The zero-order valence-corrected chi connectivity index (χ0v) is 10.5. The van der Waals surface area contributed by atoms with Crippen molar-refractivity contribution in [1.82, 2.24) is 10.3 Å². The Labute approximate surface area is 106 Å². The number of aromatic hydroxyl groups is 1. The van der Waals surface area contributed by atoms with Crippen LogP contribution in [0.4, 0.5) is 0 Å². The summed E-state index contributed by atoms with van der Waals surface area (Å²) in [5.41, 5.74) is 0.605. The second-order valence-electron chi connectivity index (χ2n) is 4.86. The number of pyridine rings is 1. The van der Waals surface area contributed by atoms with Gasteiger partial charge >= 0.3 is 0 Å². The molecule has 2 rings (SSSR count). The minimum absolute atomic E-state index is 0.00293. The number of rotatable bonds is 6. The molecule has 0 aromatic carbocycles. The van der Waals surface area contributed by atoms with Crippen molar-refractivity contribution in [3.05, 3.63) is 24.0 Å². The molecule has 0 aliphatic heterocycles. The first-order chi connectivity index (χ1) is 8.65. The lowest BCUT2D eigenvalue weighted by molar-refractivity contribution is 0.0937. The maximum Gasteiger partial charge on any atom is 0.253 e. The molecule has 1 aliphatic carbocycles. The van der Waals surface area contributed by atoms with E-state index in [1.54, 1.807) is 7.11 Å². The third kappa shape index (κ3) is 3.20. The molecule has 1 amide bonds. The number of ether oxygens (including phenoxy) is 1. The van der Waals surface area contributed by atoms with Gasteiger partial charge in [-0.1, -0.05) is 0 Å². The molecule has 0 bridgehead atoms. The van der Waals surface area contributed by atoms with E-state index in [9.17, 15) is 9.90 Å². The summed E-state index contributed by atoms with van der Waals surface area (Å²) in [6.45, 7) is 1.38. The Morgan fingerprint density at radius 1 is 1.56 bits per heavy atom. The fourth-order valence-corrected chi connectivity index (χ4v) is 1.93. The average Bonchev–Trinajstić information content (AvgIpc) is 3.14. The molecule has 0 spiro atoms. The molecule has 18 heavy (non-hydrogen) atoms. The maximum absolute atomic E-state index is 11.9. The van der Waals surface area contributed by atoms with Crippen LogP contribution in [0, 0.1) is 5.41 Å². The monoisotopic (exact) mass is 250 g/mol. The lowest BCUT2D eigenvalue weighted by Gasteiger charge is -2.15. The van der Waals surface area contributed by atoms with Crippen molar-refractivity contribution in [1.29, 1.82) is 0 Å². The summed E-state index contributed by atoms with van der Waals surface area (Å²) in [4.78, 5) is 15.6. The number of aromatic nitrogens is 1. The molecule has 0 saturated heterocycles. The van der Waals surface area contributed by atoms with Crippen LogP contribution < -0.4 is 5.32 Å². The Morgan fingerprint density at radius 3 is 2.94 bits per heavy atom. The molecule has 1 fully saturated rings. The Morgan fingerprint density at radius 2 is 2.33 bits per heavy atom. The third-order valence-corrected chi connectivity index (χ3v) is 3.40. The SMILES string of the molecule is COCCC1(CNC(=O)c2cncc(O)c2)CC1. The zero-order chi connectivity index (χ0) is 13.0. The minimum atomic E-state index is -0.193. The lowest BCUT2D eigenvalue weighted by atomic mass is 10.0. The molecule has 98 valence electrons. The molecule has 5 nitrogen and oxygen atoms in total. The van der Waals surface area contributed by atoms with E-state index in [4.69, 9.17) is 4.74 Å². The van der Waals surface area contributed by atoms with Crippen LogP contribution >= 0.6 is 0 Å². The molecule has 0 atom stereocenters. The first-order valence-corrected chi connectivity index (χ1v) is 6.06. The van der Waals surface area contributed by atoms with Gasteiger partial charge in [-0.3, -0.25) is 9.78 Å². The fraction of sp³-hybridized carbons (Fsp3) is 0.538. The normalized spacial score (nSPS) is 16.3. The second kappa shape index (κ2) is 5.35. The highest BCUT2D eigenvalue weighted by atomic mass is 16.5. The largest absolute Gasteiger partial charge is 0.506 e. The maximum atomic E-state index is 11.9. The van der Waals surface area contributed by atoms with Gasteiger partial charge in [0, 0.05) is 26.5 Å². The molecular formula is C13H18N2O3. The van der Waals surface area contributed by atoms with Gasteiger partial charge in [-0.15, -0.1) is 0 Å². The van der Waals surface area contributed by atoms with E-state index >= 15 is 0 Å². The van der Waals surface area contributed by atoms with Gasteiger partial charge in [-0.05, 0) is 30.7 Å². The van der Waals surface area contributed by atoms with E-state index < -0.39 is 0 Å². The predicted octanol–water partition coefficient (Wildman–Crippen LogP) is 1.33. The summed E-state index contributed by atoms with van der Waals surface area (Å²) in [7, 11) is 1.69. The standard InChI is InChI=1S/C13H18N2O3/c1-18-5-4-13(2-3-13)9-15-12(17)10-6-11(16)8-14-7-10/h6-8,16H,2-5,9H2,1H3,(H,15,17). The van der Waals surface area contributed by atoms with Crippen LogP contribution in [-0.4, -0.2) is 36.3 Å². The Balaban J connectivity index is 1.85. The number of hydrogen-bond acceptors (Lipinski definition) is 4. The number of amides is 1. The summed E-state index contributed by atoms with van der Waals surface area (Å²) in [5.74, 6) is -0.190. The van der Waals surface area contributed by atoms with E-state index in [0.717, 1.165) is 25.9 Å². The number of carbonyl (C=O) groups is 1. The van der Waals surface area contributed by atoms with Gasteiger partial charge in [-0.2, -0.15) is 0 Å². The molecule has 1 heterocycles. The Hall–Kier alpha value is -1.62. The van der Waals surface area contributed by atoms with E-state index in [-0.39, 0.29) is 17.1 Å². The number of hydrogen-bond donors (Lipinski definition) is 2. The molecule has 1 aromatic rings. The lowest BCUT2D eigenvalue weighted by Crippen LogP contribution is -2.30. The van der Waals surface area contributed by atoms with E-state index in [0.29, 0.717) is 12.1 Å². The number of methoxy groups -OCH3 is 1. The minimum Gasteiger partial charge on any atom is -0.506 e. The molecular weight excluding hydrogens is 232 g/mol. The van der Waals surface area contributed by atoms with E-state index in [1.165, 1.54) is 18.5 Å². The average molecular weight is 250 g/mol. The van der Waals surface area contributed by atoms with E-state index in [1.807, 2.05) is 0 Å². The van der Waals surface area contributed by atoms with Crippen LogP contribution in [-0.2, 0) is 4.74 Å². The zero-order valence-electron chi connectivity index (χ0n) is 10.5. The Kier molecular flexibility index (Phi) is 3.81. The highest BCUT2D eigenvalue weighted by Gasteiger charge is 2.42. The van der Waals surface area contributed by atoms with Crippen LogP contribution in [0.15, 0.2) is 18.5 Å². The predicted molar refractivity (Wildman–Crippen MR) is 66.4 cm³/mol. The molecule has 2 N–H and O–H groups in total. The van der Waals surface area contributed by atoms with Gasteiger partial charge < -0.3 is 15.2 Å². The van der Waals surface area contributed by atoms with Crippen LogP contribution in [0.2, 0.25) is 0 Å². The summed E-state index contributed by atoms with van der Waals surface area (Å²) in [6.07, 6.45) is 5.99. The van der Waals surface area contributed by atoms with E-state index in [2.05, 4.69) is 10.3 Å². The summed E-state index contributed by atoms with van der Waals surface area (Å²) >= 11 is 0. The molecule has 0 radical (unpaired) electrons. The van der Waals surface area contributed by atoms with Crippen LogP contribution in [0.1, 0.15) is 29.6 Å². The summed E-state index contributed by atoms with van der Waals surface area (Å²) in [5, 5.41) is 12.2. The fourth-order valence-electron chi connectivity index (χ4n) is 1.93. The van der Waals surface area contributed by atoms with Gasteiger partial charge in [0.1, 0.15) is 5.75 Å². The van der Waals surface area contributed by atoms with Crippen molar-refractivity contribution in [2.45, 2.75) is 19.3 Å². The van der Waals surface area contributed by atoms with Gasteiger partial charge in [0.2, 0.25) is 0 Å². The number of carbonyl (C=O) groups excluding carboxylic acids is 1. The second-order valence-corrected chi connectivity index (χ2v) is 4.86. The topological polar surface area (TPSA) is 71.5 Å². The van der Waals surface area contributed by atoms with Crippen molar-refractivity contribution in [2.24, 2.45) is 5.41 Å². The first kappa shape index (κ1) is 12.8. The van der Waals surface area contributed by atoms with Gasteiger partial charge in [0.25, 0.3) is 5.91 Å². The van der Waals surface area contributed by atoms with Crippen molar-refractivity contribution in [2.75, 3.05) is 20.3 Å². The molecule has 1 aliphatic rings. The van der Waals surface area contributed by atoms with Crippen LogP contribution in [0.3, 0.4) is 0 Å². The summed E-state index contributed by atoms with van der Waals surface area (Å²) in [6, 6.07) is 1.41. The number of nitrogens with one attached hydrogen (secondary N) is 1. The van der Waals surface area contributed by atoms with Crippen LogP contribution in [0.5, 0.6) is 5.75 Å². The van der Waals surface area contributed by atoms with Crippen molar-refractivity contribution in [3.8, 4) is 5.75 Å². The Bertz CT molecular complexity index is 430. The molecule has 1 saturated carbocycles. The van der Waals surface area contributed by atoms with Gasteiger partial charge in [0.15, 0.2) is 0 Å². The molecule has 1 aromatic heterocycles. The first-order valence-electron chi connectivity index (χ1n) is 6.06. The van der Waals surface area contributed by atoms with Crippen molar-refractivity contribution in [3.63, 3.8) is 0 Å².